The highest BCUT2D eigenvalue weighted by atomic mass is 16.5. The van der Waals surface area contributed by atoms with E-state index in [0.29, 0.717) is 12.8 Å². The van der Waals surface area contributed by atoms with Gasteiger partial charge >= 0.3 is 11.9 Å². The zero-order valence-electron chi connectivity index (χ0n) is 13.7. The number of aliphatic carboxylic acids is 2. The van der Waals surface area contributed by atoms with Crippen molar-refractivity contribution < 1.29 is 24.5 Å². The van der Waals surface area contributed by atoms with Crippen molar-refractivity contribution in [1.29, 1.82) is 0 Å². The fraction of sp³-hybridized carbons (Fsp3) is 0.368. The summed E-state index contributed by atoms with van der Waals surface area (Å²) < 4.78 is 5.30. The van der Waals surface area contributed by atoms with Gasteiger partial charge in [0.15, 0.2) is 0 Å². The zero-order chi connectivity index (χ0) is 17.5. The Kier molecular flexibility index (Phi) is 3.95. The summed E-state index contributed by atoms with van der Waals surface area (Å²) in [7, 11) is 1.60. The molecule has 0 saturated heterocycles. The van der Waals surface area contributed by atoms with Crippen molar-refractivity contribution in [3.63, 3.8) is 0 Å². The molecule has 1 aliphatic rings. The summed E-state index contributed by atoms with van der Waals surface area (Å²) in [6, 6.07) is 9.60. The van der Waals surface area contributed by atoms with Crippen LogP contribution in [0.3, 0.4) is 0 Å². The molecule has 0 bridgehead atoms. The summed E-state index contributed by atoms with van der Waals surface area (Å²) in [6.45, 7) is 1.65. The molecule has 126 valence electrons. The van der Waals surface area contributed by atoms with Gasteiger partial charge in [-0.05, 0) is 53.8 Å². The molecule has 2 N–H and O–H groups in total. The van der Waals surface area contributed by atoms with Crippen LogP contribution in [0.15, 0.2) is 30.3 Å². The third-order valence-electron chi connectivity index (χ3n) is 5.28. The summed E-state index contributed by atoms with van der Waals surface area (Å²) in [4.78, 5) is 23.2. The minimum absolute atomic E-state index is 0.189. The second-order valence-electron chi connectivity index (χ2n) is 6.59. The summed E-state index contributed by atoms with van der Waals surface area (Å²) in [6.07, 6.45) is 0.841. The number of rotatable bonds is 4. The molecule has 0 aliphatic heterocycles. The van der Waals surface area contributed by atoms with Crippen molar-refractivity contribution in [1.82, 2.24) is 0 Å². The largest absolute Gasteiger partial charge is 0.497 e. The monoisotopic (exact) mass is 328 g/mol. The van der Waals surface area contributed by atoms with Crippen LogP contribution in [-0.2, 0) is 16.0 Å². The van der Waals surface area contributed by atoms with Gasteiger partial charge in [-0.15, -0.1) is 0 Å². The Bertz CT molecular complexity index is 826. The predicted molar refractivity (Wildman–Crippen MR) is 89.6 cm³/mol. The van der Waals surface area contributed by atoms with E-state index < -0.39 is 23.3 Å². The van der Waals surface area contributed by atoms with Gasteiger partial charge in [0.1, 0.15) is 5.75 Å². The lowest BCUT2D eigenvalue weighted by atomic mass is 9.63. The molecule has 1 aliphatic carbocycles. The number of methoxy groups -OCH3 is 1. The van der Waals surface area contributed by atoms with E-state index in [9.17, 15) is 19.8 Å². The smallest absolute Gasteiger partial charge is 0.309 e. The summed E-state index contributed by atoms with van der Waals surface area (Å²) >= 11 is 0. The molecule has 0 aromatic heterocycles. The first-order valence-electron chi connectivity index (χ1n) is 7.91. The quantitative estimate of drug-likeness (QED) is 0.898. The molecule has 0 amide bonds. The van der Waals surface area contributed by atoms with Gasteiger partial charge in [-0.2, -0.15) is 0 Å². The van der Waals surface area contributed by atoms with E-state index in [1.807, 2.05) is 30.3 Å². The Morgan fingerprint density at radius 1 is 1.25 bits per heavy atom. The first-order valence-corrected chi connectivity index (χ1v) is 7.91. The van der Waals surface area contributed by atoms with Crippen LogP contribution in [0, 0.1) is 5.41 Å². The van der Waals surface area contributed by atoms with Gasteiger partial charge in [-0.1, -0.05) is 18.2 Å². The van der Waals surface area contributed by atoms with Crippen LogP contribution in [0.1, 0.15) is 36.8 Å². The minimum Gasteiger partial charge on any atom is -0.497 e. The molecule has 2 aromatic rings. The highest BCUT2D eigenvalue weighted by molar-refractivity contribution is 5.90. The van der Waals surface area contributed by atoms with Gasteiger partial charge in [0, 0.05) is 5.92 Å². The number of carbonyl (C=O) groups is 2. The van der Waals surface area contributed by atoms with Gasteiger partial charge in [-0.25, -0.2) is 0 Å². The van der Waals surface area contributed by atoms with Crippen LogP contribution in [0.2, 0.25) is 0 Å². The Labute approximate surface area is 139 Å². The molecule has 0 radical (unpaired) electrons. The summed E-state index contributed by atoms with van der Waals surface area (Å²) in [5.74, 6) is -1.74. The maximum atomic E-state index is 11.8. The second kappa shape index (κ2) is 5.82. The molecule has 5 nitrogen and oxygen atoms in total. The average Bonchev–Trinajstić information content (AvgIpc) is 2.56. The van der Waals surface area contributed by atoms with E-state index >= 15 is 0 Å². The molecule has 2 aromatic carbocycles. The SMILES string of the molecule is COc1ccc2ccc3c(c2c1)CC[C@@](C)(C(=O)O)[C@@H]3CC(=O)O. The van der Waals surface area contributed by atoms with E-state index in [2.05, 4.69) is 0 Å². The molecule has 2 atom stereocenters. The molecule has 0 fully saturated rings. The Morgan fingerprint density at radius 2 is 1.96 bits per heavy atom. The lowest BCUT2D eigenvalue weighted by Crippen LogP contribution is -2.39. The van der Waals surface area contributed by atoms with Crippen molar-refractivity contribution in [3.8, 4) is 5.75 Å². The third kappa shape index (κ3) is 2.50. The van der Waals surface area contributed by atoms with Crippen LogP contribution in [-0.4, -0.2) is 29.3 Å². The first kappa shape index (κ1) is 16.3. The number of fused-ring (bicyclic) bond motifs is 3. The van der Waals surface area contributed by atoms with E-state index in [0.717, 1.165) is 27.6 Å². The van der Waals surface area contributed by atoms with Crippen LogP contribution in [0.4, 0.5) is 0 Å². The van der Waals surface area contributed by atoms with Crippen molar-refractivity contribution in [2.45, 2.75) is 32.1 Å². The number of hydrogen-bond acceptors (Lipinski definition) is 3. The third-order valence-corrected chi connectivity index (χ3v) is 5.28. The van der Waals surface area contributed by atoms with Gasteiger partial charge in [0.25, 0.3) is 0 Å². The lowest BCUT2D eigenvalue weighted by molar-refractivity contribution is -0.151. The summed E-state index contributed by atoms with van der Waals surface area (Å²) in [5.41, 5.74) is 0.795. The molecule has 0 spiro atoms. The predicted octanol–water partition coefficient (Wildman–Crippen LogP) is 3.44. The number of carboxylic acids is 2. The molecule has 0 heterocycles. The van der Waals surface area contributed by atoms with E-state index in [4.69, 9.17) is 4.74 Å². The van der Waals surface area contributed by atoms with Crippen molar-refractivity contribution in [3.05, 3.63) is 41.5 Å². The molecular weight excluding hydrogens is 308 g/mol. The normalized spacial score (nSPS) is 22.8. The Balaban J connectivity index is 2.22. The van der Waals surface area contributed by atoms with Crippen LogP contribution >= 0.6 is 0 Å². The van der Waals surface area contributed by atoms with E-state index in [-0.39, 0.29) is 6.42 Å². The standard InChI is InChI=1S/C19H20O5/c1-19(18(22)23)8-7-13-14(16(19)10-17(20)21)6-4-11-3-5-12(24-2)9-15(11)13/h3-6,9,16H,7-8,10H2,1-2H3,(H,20,21)(H,22,23)/t16-,19-/m1/s1. The number of aryl methyl sites for hydroxylation is 1. The lowest BCUT2D eigenvalue weighted by Gasteiger charge is -2.39. The maximum Gasteiger partial charge on any atom is 0.309 e. The van der Waals surface area contributed by atoms with Crippen molar-refractivity contribution in [2.24, 2.45) is 5.41 Å². The maximum absolute atomic E-state index is 11.8. The molecule has 24 heavy (non-hydrogen) atoms. The zero-order valence-corrected chi connectivity index (χ0v) is 13.7. The fourth-order valence-electron chi connectivity index (χ4n) is 3.78. The molecule has 3 rings (SSSR count). The van der Waals surface area contributed by atoms with Crippen LogP contribution in [0.5, 0.6) is 5.75 Å². The Morgan fingerprint density at radius 3 is 2.58 bits per heavy atom. The number of ether oxygens (including phenoxy) is 1. The van der Waals surface area contributed by atoms with Gasteiger partial charge in [0.2, 0.25) is 0 Å². The average molecular weight is 328 g/mol. The van der Waals surface area contributed by atoms with E-state index in [1.54, 1.807) is 14.0 Å². The minimum atomic E-state index is -1.07. The molecule has 0 unspecified atom stereocenters. The highest BCUT2D eigenvalue weighted by Gasteiger charge is 2.46. The van der Waals surface area contributed by atoms with Crippen molar-refractivity contribution >= 4 is 22.7 Å². The van der Waals surface area contributed by atoms with Crippen molar-refractivity contribution in [2.75, 3.05) is 7.11 Å². The summed E-state index contributed by atoms with van der Waals surface area (Å²) in [5, 5.41) is 21.0. The number of carboxylic acid groups (broad SMARTS) is 2. The number of benzene rings is 2. The van der Waals surface area contributed by atoms with Crippen LogP contribution in [0.25, 0.3) is 10.8 Å². The number of hydrogen-bond donors (Lipinski definition) is 2. The van der Waals surface area contributed by atoms with Crippen LogP contribution < -0.4 is 4.74 Å². The second-order valence-corrected chi connectivity index (χ2v) is 6.59. The van der Waals surface area contributed by atoms with Gasteiger partial charge in [-0.3, -0.25) is 9.59 Å². The Hall–Kier alpha value is -2.56. The highest BCUT2D eigenvalue weighted by Crippen LogP contribution is 2.49. The van der Waals surface area contributed by atoms with Gasteiger partial charge in [0.05, 0.1) is 18.9 Å². The molecular formula is C19H20O5. The van der Waals surface area contributed by atoms with Gasteiger partial charge < -0.3 is 14.9 Å². The fourth-order valence-corrected chi connectivity index (χ4v) is 3.78. The molecule has 0 saturated carbocycles. The van der Waals surface area contributed by atoms with E-state index in [1.165, 1.54) is 0 Å². The first-order chi connectivity index (χ1) is 11.4. The molecule has 5 heteroatoms. The topological polar surface area (TPSA) is 83.8 Å².